The van der Waals surface area contributed by atoms with Gasteiger partial charge in [0.25, 0.3) is 0 Å². The van der Waals surface area contributed by atoms with Gasteiger partial charge >= 0.3 is 0 Å². The average molecular weight is 144 g/mol. The first-order valence-corrected chi connectivity index (χ1v) is 4.33. The smallest absolute Gasteiger partial charge is 0.0564 e. The van der Waals surface area contributed by atoms with Crippen LogP contribution in [0.1, 0.15) is 53.4 Å². The summed E-state index contributed by atoms with van der Waals surface area (Å²) in [5, 5.41) is 0. The molecule has 0 nitrogen and oxygen atoms in total. The molecule has 0 saturated carbocycles. The Kier molecular flexibility index (Phi) is 61.3. The van der Waals surface area contributed by atoms with Gasteiger partial charge in [0.05, 0.1) is 0 Å². The van der Waals surface area contributed by atoms with E-state index >= 15 is 0 Å². The van der Waals surface area contributed by atoms with Crippen molar-refractivity contribution >= 4 is 0 Å². The fourth-order valence-corrected chi connectivity index (χ4v) is 0. The maximum absolute atomic E-state index is 3.00. The van der Waals surface area contributed by atoms with Gasteiger partial charge in [-0.1, -0.05) is 53.4 Å². The second-order valence-corrected chi connectivity index (χ2v) is 2.00. The van der Waals surface area contributed by atoms with Crippen molar-refractivity contribution in [3.05, 3.63) is 13.2 Å². The maximum Gasteiger partial charge on any atom is -0.0564 e. The largest absolute Gasteiger partial charge is 0.106 e. The zero-order chi connectivity index (χ0) is 8.83. The molecular weight excluding hydrogens is 120 g/mol. The van der Waals surface area contributed by atoms with E-state index in [1.54, 1.807) is 0 Å². The Bertz CT molecular complexity index is 15.2. The monoisotopic (exact) mass is 144 g/mol. The molecule has 0 rings (SSSR count). The maximum atomic E-state index is 3.00. The summed E-state index contributed by atoms with van der Waals surface area (Å²) in [6.07, 6.45) is 5.28. The lowest BCUT2D eigenvalue weighted by Gasteiger charge is -1.68. The van der Waals surface area contributed by atoms with Crippen LogP contribution in [0.25, 0.3) is 0 Å². The lowest BCUT2D eigenvalue weighted by Crippen LogP contribution is -1.47. The van der Waals surface area contributed by atoms with Crippen molar-refractivity contribution in [2.75, 3.05) is 0 Å². The Morgan fingerprint density at radius 3 is 0.700 bits per heavy atom. The summed E-state index contributed by atoms with van der Waals surface area (Å²) in [4.78, 5) is 0. The van der Waals surface area contributed by atoms with Gasteiger partial charge in [-0.2, -0.15) is 0 Å². The molecule has 0 aromatic carbocycles. The summed E-state index contributed by atoms with van der Waals surface area (Å²) in [5.74, 6) is 0. The van der Waals surface area contributed by atoms with Crippen LogP contribution in [-0.2, 0) is 0 Å². The topological polar surface area (TPSA) is 0 Å². The van der Waals surface area contributed by atoms with Gasteiger partial charge in [0.1, 0.15) is 0 Å². The molecule has 0 aromatic rings. The van der Waals surface area contributed by atoms with Crippen LogP contribution < -0.4 is 0 Å². The van der Waals surface area contributed by atoms with Crippen LogP contribution in [0, 0.1) is 0 Å². The highest BCUT2D eigenvalue weighted by molar-refractivity contribution is 4.22. The highest BCUT2D eigenvalue weighted by atomic mass is 13.6. The van der Waals surface area contributed by atoms with Crippen LogP contribution in [-0.4, -0.2) is 0 Å². The van der Waals surface area contributed by atoms with Gasteiger partial charge in [0.15, 0.2) is 0 Å². The lowest BCUT2D eigenvalue weighted by atomic mass is 10.4. The van der Waals surface area contributed by atoms with Gasteiger partial charge in [-0.15, -0.1) is 13.2 Å². The molecule has 0 atom stereocenters. The van der Waals surface area contributed by atoms with Crippen LogP contribution >= 0.6 is 0 Å². The van der Waals surface area contributed by atoms with Crippen molar-refractivity contribution in [1.82, 2.24) is 0 Å². The van der Waals surface area contributed by atoms with E-state index in [9.17, 15) is 0 Å². The SMILES string of the molecule is C=C.CCCC.CCCC. The standard InChI is InChI=1S/2C4H10.C2H4/c2*1-3-4-2;1-2/h2*3-4H2,1-2H3;1-2H2. The summed E-state index contributed by atoms with van der Waals surface area (Å²) in [6.45, 7) is 14.7. The van der Waals surface area contributed by atoms with E-state index in [1.165, 1.54) is 25.7 Å². The summed E-state index contributed by atoms with van der Waals surface area (Å²) in [6, 6.07) is 0. The van der Waals surface area contributed by atoms with Crippen molar-refractivity contribution < 1.29 is 0 Å². The van der Waals surface area contributed by atoms with Crippen molar-refractivity contribution in [2.24, 2.45) is 0 Å². The van der Waals surface area contributed by atoms with E-state index in [2.05, 4.69) is 40.9 Å². The van der Waals surface area contributed by atoms with E-state index in [0.29, 0.717) is 0 Å². The molecule has 0 unspecified atom stereocenters. The van der Waals surface area contributed by atoms with Crippen molar-refractivity contribution in [3.63, 3.8) is 0 Å². The average Bonchev–Trinajstić information content (AvgIpc) is 2.08. The van der Waals surface area contributed by atoms with Crippen molar-refractivity contribution in [2.45, 2.75) is 53.4 Å². The zero-order valence-corrected chi connectivity index (χ0v) is 8.24. The third kappa shape index (κ3) is 116. The van der Waals surface area contributed by atoms with E-state index < -0.39 is 0 Å². The molecule has 0 aromatic heterocycles. The molecule has 0 spiro atoms. The van der Waals surface area contributed by atoms with Crippen molar-refractivity contribution in [1.29, 1.82) is 0 Å². The van der Waals surface area contributed by atoms with Crippen LogP contribution in [0.3, 0.4) is 0 Å². The van der Waals surface area contributed by atoms with Gasteiger partial charge in [-0.3, -0.25) is 0 Å². The van der Waals surface area contributed by atoms with Gasteiger partial charge < -0.3 is 0 Å². The molecule has 0 aliphatic rings. The van der Waals surface area contributed by atoms with E-state index in [4.69, 9.17) is 0 Å². The summed E-state index contributed by atoms with van der Waals surface area (Å²) in [7, 11) is 0. The molecule has 64 valence electrons. The molecule has 0 fully saturated rings. The predicted molar refractivity (Wildman–Crippen MR) is 52.4 cm³/mol. The Hall–Kier alpha value is -0.260. The number of rotatable bonds is 2. The molecule has 0 heteroatoms. The van der Waals surface area contributed by atoms with Crippen LogP contribution in [0.4, 0.5) is 0 Å². The summed E-state index contributed by atoms with van der Waals surface area (Å²) >= 11 is 0. The molecule has 0 saturated heterocycles. The van der Waals surface area contributed by atoms with Crippen LogP contribution in [0.5, 0.6) is 0 Å². The molecule has 0 bridgehead atoms. The fraction of sp³-hybridized carbons (Fsp3) is 0.800. The minimum Gasteiger partial charge on any atom is -0.106 e. The Balaban J connectivity index is -0.0000000787. The van der Waals surface area contributed by atoms with Gasteiger partial charge in [0.2, 0.25) is 0 Å². The highest BCUT2D eigenvalue weighted by Crippen LogP contribution is 1.77. The normalized spacial score (nSPS) is 6.40. The molecule has 0 aliphatic carbocycles. The van der Waals surface area contributed by atoms with Gasteiger partial charge in [0, 0.05) is 0 Å². The predicted octanol–water partition coefficient (Wildman–Crippen LogP) is 4.42. The quantitative estimate of drug-likeness (QED) is 0.503. The highest BCUT2D eigenvalue weighted by Gasteiger charge is 1.56. The first kappa shape index (κ1) is 16.4. The Morgan fingerprint density at radius 1 is 0.600 bits per heavy atom. The zero-order valence-electron chi connectivity index (χ0n) is 8.24. The number of unbranched alkanes of at least 4 members (excludes halogenated alkanes) is 2. The Labute approximate surface area is 67.3 Å². The molecular formula is C10H24. The first-order valence-electron chi connectivity index (χ1n) is 4.33. The molecule has 0 heterocycles. The molecule has 0 aliphatic heterocycles. The molecule has 10 heavy (non-hydrogen) atoms. The number of hydrogen-bond donors (Lipinski definition) is 0. The first-order chi connectivity index (χ1) is 4.83. The minimum atomic E-state index is 1.32. The third-order valence-corrected chi connectivity index (χ3v) is 1.000. The van der Waals surface area contributed by atoms with E-state index in [-0.39, 0.29) is 0 Å². The second kappa shape index (κ2) is 37.4. The van der Waals surface area contributed by atoms with E-state index in [1.807, 2.05) is 0 Å². The minimum absolute atomic E-state index is 1.32. The van der Waals surface area contributed by atoms with Crippen molar-refractivity contribution in [3.8, 4) is 0 Å². The van der Waals surface area contributed by atoms with Crippen LogP contribution in [0.15, 0.2) is 13.2 Å². The van der Waals surface area contributed by atoms with E-state index in [0.717, 1.165) is 0 Å². The molecule has 0 radical (unpaired) electrons. The fourth-order valence-electron chi connectivity index (χ4n) is 0. The summed E-state index contributed by atoms with van der Waals surface area (Å²) in [5.41, 5.74) is 0. The third-order valence-electron chi connectivity index (χ3n) is 1.000. The van der Waals surface area contributed by atoms with Gasteiger partial charge in [-0.05, 0) is 0 Å². The number of hydrogen-bond acceptors (Lipinski definition) is 0. The molecule has 0 amide bonds. The van der Waals surface area contributed by atoms with Crippen LogP contribution in [0.2, 0.25) is 0 Å². The summed E-state index contributed by atoms with van der Waals surface area (Å²) < 4.78 is 0. The van der Waals surface area contributed by atoms with Gasteiger partial charge in [-0.25, -0.2) is 0 Å². The molecule has 0 N–H and O–H groups in total. The Morgan fingerprint density at radius 2 is 0.700 bits per heavy atom. The lowest BCUT2D eigenvalue weighted by molar-refractivity contribution is 0.886. The second-order valence-electron chi connectivity index (χ2n) is 2.00.